The lowest BCUT2D eigenvalue weighted by Gasteiger charge is -2.09. The first-order chi connectivity index (χ1) is 5.07. The zero-order valence-electron chi connectivity index (χ0n) is 6.85. The van der Waals surface area contributed by atoms with Crippen molar-refractivity contribution in [2.45, 2.75) is 26.3 Å². The van der Waals surface area contributed by atoms with E-state index in [1.807, 2.05) is 13.8 Å². The highest BCUT2D eigenvalue weighted by molar-refractivity contribution is 6.34. The van der Waals surface area contributed by atoms with Crippen molar-refractivity contribution in [1.29, 1.82) is 5.41 Å². The fraction of sp³-hybridized carbons (Fsp3) is 0.714. The second-order valence-corrected chi connectivity index (χ2v) is 2.45. The van der Waals surface area contributed by atoms with Crippen LogP contribution in [-0.4, -0.2) is 29.4 Å². The lowest BCUT2D eigenvalue weighted by molar-refractivity contribution is -0.129. The van der Waals surface area contributed by atoms with Crippen molar-refractivity contribution < 1.29 is 9.90 Å². The van der Waals surface area contributed by atoms with Crippen molar-refractivity contribution in [3.8, 4) is 0 Å². The van der Waals surface area contributed by atoms with E-state index in [1.54, 1.807) is 0 Å². The van der Waals surface area contributed by atoms with Crippen LogP contribution < -0.4 is 5.32 Å². The van der Waals surface area contributed by atoms with Gasteiger partial charge in [0.15, 0.2) is 0 Å². The monoisotopic (exact) mass is 158 g/mol. The Labute approximate surface area is 66.1 Å². The van der Waals surface area contributed by atoms with Gasteiger partial charge in [-0.05, 0) is 13.5 Å². The van der Waals surface area contributed by atoms with Crippen molar-refractivity contribution in [1.82, 2.24) is 5.32 Å². The minimum Gasteiger partial charge on any atom is -0.477 e. The van der Waals surface area contributed by atoms with Crippen LogP contribution in [0, 0.1) is 5.41 Å². The predicted octanol–water partition coefficient (Wildman–Crippen LogP) is 0.479. The number of nitrogens with one attached hydrogen (secondary N) is 2. The van der Waals surface area contributed by atoms with Gasteiger partial charge < -0.3 is 10.4 Å². The smallest absolute Gasteiger partial charge is 0.349 e. The van der Waals surface area contributed by atoms with Gasteiger partial charge in [0.1, 0.15) is 5.71 Å². The SMILES string of the molecule is CCN[C@H](C)CC(=N)C(=O)O. The maximum Gasteiger partial charge on any atom is 0.349 e. The summed E-state index contributed by atoms with van der Waals surface area (Å²) < 4.78 is 0. The van der Waals surface area contributed by atoms with E-state index < -0.39 is 5.97 Å². The molecule has 0 aliphatic rings. The molecule has 0 radical (unpaired) electrons. The van der Waals surface area contributed by atoms with Crippen molar-refractivity contribution in [3.05, 3.63) is 0 Å². The van der Waals surface area contributed by atoms with Crippen LogP contribution in [0.5, 0.6) is 0 Å². The molecule has 0 heterocycles. The Kier molecular flexibility index (Phi) is 4.45. The molecule has 0 aromatic carbocycles. The number of aliphatic carboxylic acids is 1. The molecule has 0 amide bonds. The molecule has 4 heteroatoms. The van der Waals surface area contributed by atoms with E-state index >= 15 is 0 Å². The van der Waals surface area contributed by atoms with Gasteiger partial charge in [0.25, 0.3) is 0 Å². The van der Waals surface area contributed by atoms with E-state index in [-0.39, 0.29) is 18.2 Å². The fourth-order valence-corrected chi connectivity index (χ4v) is 0.814. The number of hydrogen-bond acceptors (Lipinski definition) is 3. The first-order valence-corrected chi connectivity index (χ1v) is 3.62. The summed E-state index contributed by atoms with van der Waals surface area (Å²) in [6.07, 6.45) is 0.281. The Morgan fingerprint density at radius 3 is 2.64 bits per heavy atom. The molecule has 3 N–H and O–H groups in total. The molecule has 0 rings (SSSR count). The molecule has 0 saturated carbocycles. The Bertz CT molecular complexity index is 157. The molecule has 11 heavy (non-hydrogen) atoms. The lowest BCUT2D eigenvalue weighted by Crippen LogP contribution is -2.30. The van der Waals surface area contributed by atoms with Crippen molar-refractivity contribution in [2.75, 3.05) is 6.54 Å². The molecule has 0 aromatic rings. The molecule has 0 fully saturated rings. The zero-order chi connectivity index (χ0) is 8.85. The second kappa shape index (κ2) is 4.85. The standard InChI is InChI=1S/C7H14N2O2/c1-3-9-5(2)4-6(8)7(10)11/h5,8-9H,3-4H2,1-2H3,(H,10,11)/t5-/m1/s1. The minimum atomic E-state index is -1.13. The van der Waals surface area contributed by atoms with Gasteiger partial charge in [0.2, 0.25) is 0 Å². The van der Waals surface area contributed by atoms with E-state index in [0.29, 0.717) is 0 Å². The lowest BCUT2D eigenvalue weighted by atomic mass is 10.1. The van der Waals surface area contributed by atoms with E-state index in [0.717, 1.165) is 6.54 Å². The summed E-state index contributed by atoms with van der Waals surface area (Å²) >= 11 is 0. The van der Waals surface area contributed by atoms with E-state index in [1.165, 1.54) is 0 Å². The van der Waals surface area contributed by atoms with Crippen LogP contribution in [0.3, 0.4) is 0 Å². The Morgan fingerprint density at radius 1 is 1.73 bits per heavy atom. The predicted molar refractivity (Wildman–Crippen MR) is 43.1 cm³/mol. The summed E-state index contributed by atoms with van der Waals surface area (Å²) in [6.45, 7) is 4.61. The average molecular weight is 158 g/mol. The molecule has 0 unspecified atom stereocenters. The van der Waals surface area contributed by atoms with Crippen LogP contribution in [0.4, 0.5) is 0 Å². The van der Waals surface area contributed by atoms with Gasteiger partial charge in [-0.25, -0.2) is 4.79 Å². The maximum absolute atomic E-state index is 10.2. The van der Waals surface area contributed by atoms with E-state index in [9.17, 15) is 4.79 Å². The average Bonchev–Trinajstić information content (AvgIpc) is 1.87. The van der Waals surface area contributed by atoms with Crippen molar-refractivity contribution >= 4 is 11.7 Å². The number of rotatable bonds is 5. The van der Waals surface area contributed by atoms with Crippen LogP contribution in [0.15, 0.2) is 0 Å². The van der Waals surface area contributed by atoms with Gasteiger partial charge in [-0.2, -0.15) is 0 Å². The molecule has 0 bridgehead atoms. The first kappa shape index (κ1) is 10.1. The first-order valence-electron chi connectivity index (χ1n) is 3.62. The largest absolute Gasteiger partial charge is 0.477 e. The summed E-state index contributed by atoms with van der Waals surface area (Å²) in [5, 5.41) is 18.4. The second-order valence-electron chi connectivity index (χ2n) is 2.45. The van der Waals surface area contributed by atoms with Gasteiger partial charge in [-0.15, -0.1) is 0 Å². The molecule has 1 atom stereocenters. The molecule has 0 aliphatic carbocycles. The van der Waals surface area contributed by atoms with Crippen LogP contribution in [-0.2, 0) is 4.79 Å². The van der Waals surface area contributed by atoms with Crippen LogP contribution >= 0.6 is 0 Å². The van der Waals surface area contributed by atoms with Crippen LogP contribution in [0.2, 0.25) is 0 Å². The highest BCUT2D eigenvalue weighted by atomic mass is 16.4. The van der Waals surface area contributed by atoms with Gasteiger partial charge >= 0.3 is 5.97 Å². The summed E-state index contributed by atoms with van der Waals surface area (Å²) in [4.78, 5) is 10.2. The molecular weight excluding hydrogens is 144 g/mol. The Morgan fingerprint density at radius 2 is 2.27 bits per heavy atom. The van der Waals surface area contributed by atoms with Crippen molar-refractivity contribution in [2.24, 2.45) is 0 Å². The molecule has 4 nitrogen and oxygen atoms in total. The molecule has 0 aromatic heterocycles. The molecular formula is C7H14N2O2. The third-order valence-electron chi connectivity index (χ3n) is 1.32. The molecule has 0 saturated heterocycles. The van der Waals surface area contributed by atoms with E-state index in [4.69, 9.17) is 10.5 Å². The zero-order valence-corrected chi connectivity index (χ0v) is 6.85. The highest BCUT2D eigenvalue weighted by Gasteiger charge is 2.10. The quantitative estimate of drug-likeness (QED) is 0.509. The third kappa shape index (κ3) is 4.50. The molecule has 0 aliphatic heterocycles. The highest BCUT2D eigenvalue weighted by Crippen LogP contribution is 1.91. The molecule has 0 spiro atoms. The summed E-state index contributed by atoms with van der Waals surface area (Å²) in [7, 11) is 0. The topological polar surface area (TPSA) is 73.2 Å². The minimum absolute atomic E-state index is 0.0728. The summed E-state index contributed by atoms with van der Waals surface area (Å²) in [6, 6.07) is 0.0728. The number of carboxylic acid groups (broad SMARTS) is 1. The number of carbonyl (C=O) groups is 1. The maximum atomic E-state index is 10.2. The van der Waals surface area contributed by atoms with Gasteiger partial charge in [-0.1, -0.05) is 6.92 Å². The van der Waals surface area contributed by atoms with Gasteiger partial charge in [0.05, 0.1) is 0 Å². The number of carboxylic acids is 1. The third-order valence-corrected chi connectivity index (χ3v) is 1.32. The Balaban J connectivity index is 3.66. The fourth-order valence-electron chi connectivity index (χ4n) is 0.814. The van der Waals surface area contributed by atoms with Gasteiger partial charge in [0, 0.05) is 12.5 Å². The molecule has 64 valence electrons. The summed E-state index contributed by atoms with van der Waals surface area (Å²) in [5.74, 6) is -1.13. The van der Waals surface area contributed by atoms with Crippen LogP contribution in [0.1, 0.15) is 20.3 Å². The Hall–Kier alpha value is -0.900. The van der Waals surface area contributed by atoms with Crippen molar-refractivity contribution in [3.63, 3.8) is 0 Å². The normalized spacial score (nSPS) is 12.5. The van der Waals surface area contributed by atoms with E-state index in [2.05, 4.69) is 5.32 Å². The number of hydrogen-bond donors (Lipinski definition) is 3. The summed E-state index contributed by atoms with van der Waals surface area (Å²) in [5.41, 5.74) is -0.238. The van der Waals surface area contributed by atoms with Gasteiger partial charge in [-0.3, -0.25) is 5.41 Å². The van der Waals surface area contributed by atoms with Crippen LogP contribution in [0.25, 0.3) is 0 Å².